The third-order valence-corrected chi connectivity index (χ3v) is 2.96. The van der Waals surface area contributed by atoms with Gasteiger partial charge in [0.2, 0.25) is 0 Å². The van der Waals surface area contributed by atoms with Gasteiger partial charge in [0.1, 0.15) is 5.82 Å². The van der Waals surface area contributed by atoms with Gasteiger partial charge in [0.05, 0.1) is 11.0 Å². The second-order valence-electron chi connectivity index (χ2n) is 5.95. The van der Waals surface area contributed by atoms with E-state index in [9.17, 15) is 0 Å². The minimum atomic E-state index is 0.213. The number of imidazole rings is 1. The molecular formula is C15H23N3. The number of fused-ring (bicyclic) bond motifs is 1. The molecule has 0 aliphatic heterocycles. The van der Waals surface area contributed by atoms with Crippen LogP contribution in [0.4, 0.5) is 0 Å². The molecule has 98 valence electrons. The lowest BCUT2D eigenvalue weighted by Crippen LogP contribution is -2.36. The molecule has 0 bridgehead atoms. The van der Waals surface area contributed by atoms with Crippen LogP contribution in [0.2, 0.25) is 0 Å². The van der Waals surface area contributed by atoms with Crippen molar-refractivity contribution >= 4 is 11.0 Å². The van der Waals surface area contributed by atoms with Crippen molar-refractivity contribution in [1.29, 1.82) is 0 Å². The Morgan fingerprint density at radius 3 is 2.78 bits per heavy atom. The van der Waals surface area contributed by atoms with Crippen LogP contribution in [0.5, 0.6) is 0 Å². The molecule has 2 N–H and O–H groups in total. The quantitative estimate of drug-likeness (QED) is 0.812. The van der Waals surface area contributed by atoms with Gasteiger partial charge in [-0.3, -0.25) is 0 Å². The molecule has 0 aliphatic carbocycles. The van der Waals surface area contributed by atoms with Crippen molar-refractivity contribution in [3.05, 3.63) is 29.6 Å². The van der Waals surface area contributed by atoms with Crippen LogP contribution in [-0.4, -0.2) is 22.1 Å². The summed E-state index contributed by atoms with van der Waals surface area (Å²) < 4.78 is 0. The van der Waals surface area contributed by atoms with E-state index in [1.54, 1.807) is 0 Å². The van der Waals surface area contributed by atoms with Crippen LogP contribution in [0.1, 0.15) is 38.6 Å². The molecule has 0 radical (unpaired) electrons. The Bertz CT molecular complexity index is 520. The van der Waals surface area contributed by atoms with Crippen molar-refractivity contribution in [1.82, 2.24) is 15.3 Å². The van der Waals surface area contributed by atoms with Crippen LogP contribution in [0.15, 0.2) is 18.2 Å². The molecule has 0 atom stereocenters. The van der Waals surface area contributed by atoms with Gasteiger partial charge >= 0.3 is 0 Å². The number of aryl methyl sites for hydroxylation is 2. The minimum Gasteiger partial charge on any atom is -0.342 e. The van der Waals surface area contributed by atoms with Crippen LogP contribution < -0.4 is 5.32 Å². The van der Waals surface area contributed by atoms with Gasteiger partial charge in [0.15, 0.2) is 0 Å². The fourth-order valence-corrected chi connectivity index (χ4v) is 2.10. The zero-order valence-corrected chi connectivity index (χ0v) is 11.8. The highest BCUT2D eigenvalue weighted by Gasteiger charge is 2.07. The summed E-state index contributed by atoms with van der Waals surface area (Å²) in [5.74, 6) is 0.983. The second kappa shape index (κ2) is 5.11. The number of aromatic amines is 1. The predicted molar refractivity (Wildman–Crippen MR) is 76.9 cm³/mol. The summed E-state index contributed by atoms with van der Waals surface area (Å²) in [4.78, 5) is 7.70. The molecule has 3 heteroatoms. The first-order valence-corrected chi connectivity index (χ1v) is 6.64. The van der Waals surface area contributed by atoms with Gasteiger partial charge in [0.25, 0.3) is 0 Å². The van der Waals surface area contributed by atoms with E-state index in [0.29, 0.717) is 0 Å². The average molecular weight is 245 g/mol. The SMILES string of the molecule is Cc1nc2ccc(CCCNC(C)(C)C)cc2[nH]1. The first-order valence-electron chi connectivity index (χ1n) is 6.64. The van der Waals surface area contributed by atoms with Crippen molar-refractivity contribution in [2.75, 3.05) is 6.54 Å². The third kappa shape index (κ3) is 3.57. The molecule has 0 fully saturated rings. The summed E-state index contributed by atoms with van der Waals surface area (Å²) >= 11 is 0. The van der Waals surface area contributed by atoms with Crippen molar-refractivity contribution in [2.24, 2.45) is 0 Å². The molecule has 0 aliphatic rings. The van der Waals surface area contributed by atoms with E-state index >= 15 is 0 Å². The normalized spacial score (nSPS) is 12.2. The van der Waals surface area contributed by atoms with Crippen LogP contribution in [0.3, 0.4) is 0 Å². The maximum atomic E-state index is 4.42. The molecule has 1 heterocycles. The number of aromatic nitrogens is 2. The van der Waals surface area contributed by atoms with Gasteiger partial charge in [0, 0.05) is 5.54 Å². The summed E-state index contributed by atoms with van der Waals surface area (Å²) in [6, 6.07) is 6.50. The first kappa shape index (κ1) is 13.1. The van der Waals surface area contributed by atoms with E-state index in [1.807, 2.05) is 6.92 Å². The number of hydrogen-bond donors (Lipinski definition) is 2. The monoisotopic (exact) mass is 245 g/mol. The molecule has 3 nitrogen and oxygen atoms in total. The standard InChI is InChI=1S/C15H23N3/c1-11-17-13-8-7-12(10-14(13)18-11)6-5-9-16-15(2,3)4/h7-8,10,16H,5-6,9H2,1-4H3,(H,17,18). The van der Waals surface area contributed by atoms with E-state index < -0.39 is 0 Å². The fourth-order valence-electron chi connectivity index (χ4n) is 2.10. The number of hydrogen-bond acceptors (Lipinski definition) is 2. The topological polar surface area (TPSA) is 40.7 Å². The van der Waals surface area contributed by atoms with E-state index in [4.69, 9.17) is 0 Å². The highest BCUT2D eigenvalue weighted by Crippen LogP contribution is 2.14. The average Bonchev–Trinajstić information content (AvgIpc) is 2.62. The summed E-state index contributed by atoms with van der Waals surface area (Å²) in [5, 5.41) is 3.51. The van der Waals surface area contributed by atoms with E-state index in [0.717, 1.165) is 36.2 Å². The summed E-state index contributed by atoms with van der Waals surface area (Å²) in [6.45, 7) is 9.65. The highest BCUT2D eigenvalue weighted by atomic mass is 14.9. The molecule has 0 amide bonds. The van der Waals surface area contributed by atoms with E-state index in [-0.39, 0.29) is 5.54 Å². The van der Waals surface area contributed by atoms with Gasteiger partial charge in [-0.05, 0) is 64.8 Å². The fraction of sp³-hybridized carbons (Fsp3) is 0.533. The summed E-state index contributed by atoms with van der Waals surface area (Å²) in [7, 11) is 0. The largest absolute Gasteiger partial charge is 0.342 e. The Morgan fingerprint density at radius 1 is 1.28 bits per heavy atom. The molecule has 0 spiro atoms. The lowest BCUT2D eigenvalue weighted by atomic mass is 10.1. The molecule has 0 saturated carbocycles. The number of rotatable bonds is 4. The van der Waals surface area contributed by atoms with Crippen molar-refractivity contribution in [3.63, 3.8) is 0 Å². The van der Waals surface area contributed by atoms with Crippen molar-refractivity contribution in [3.8, 4) is 0 Å². The van der Waals surface area contributed by atoms with Gasteiger partial charge in [-0.15, -0.1) is 0 Å². The Hall–Kier alpha value is -1.35. The van der Waals surface area contributed by atoms with Crippen LogP contribution in [-0.2, 0) is 6.42 Å². The molecule has 1 aromatic carbocycles. The number of H-pyrrole nitrogens is 1. The van der Waals surface area contributed by atoms with Gasteiger partial charge < -0.3 is 10.3 Å². The predicted octanol–water partition coefficient (Wildman–Crippen LogP) is 3.19. The molecule has 0 unspecified atom stereocenters. The highest BCUT2D eigenvalue weighted by molar-refractivity contribution is 5.75. The lowest BCUT2D eigenvalue weighted by Gasteiger charge is -2.20. The third-order valence-electron chi connectivity index (χ3n) is 2.96. The molecule has 1 aromatic heterocycles. The Labute approximate surface area is 109 Å². The molecule has 2 aromatic rings. The van der Waals surface area contributed by atoms with E-state index in [1.165, 1.54) is 5.56 Å². The van der Waals surface area contributed by atoms with Crippen LogP contribution in [0.25, 0.3) is 11.0 Å². The second-order valence-corrected chi connectivity index (χ2v) is 5.95. The van der Waals surface area contributed by atoms with Crippen molar-refractivity contribution in [2.45, 2.75) is 46.1 Å². The van der Waals surface area contributed by atoms with Crippen LogP contribution in [0, 0.1) is 6.92 Å². The maximum absolute atomic E-state index is 4.42. The van der Waals surface area contributed by atoms with Gasteiger partial charge in [-0.25, -0.2) is 4.98 Å². The summed E-state index contributed by atoms with van der Waals surface area (Å²) in [6.07, 6.45) is 2.27. The van der Waals surface area contributed by atoms with Gasteiger partial charge in [-0.2, -0.15) is 0 Å². The zero-order chi connectivity index (χ0) is 13.2. The Morgan fingerprint density at radius 2 is 2.06 bits per heavy atom. The van der Waals surface area contributed by atoms with E-state index in [2.05, 4.69) is 54.3 Å². The molecule has 18 heavy (non-hydrogen) atoms. The number of nitrogens with zero attached hydrogens (tertiary/aromatic N) is 1. The summed E-state index contributed by atoms with van der Waals surface area (Å²) in [5.41, 5.74) is 3.80. The zero-order valence-electron chi connectivity index (χ0n) is 11.8. The minimum absolute atomic E-state index is 0.213. The molecule has 2 rings (SSSR count). The Kier molecular flexibility index (Phi) is 3.71. The number of benzene rings is 1. The number of nitrogens with one attached hydrogen (secondary N) is 2. The smallest absolute Gasteiger partial charge is 0.104 e. The first-order chi connectivity index (χ1) is 8.44. The van der Waals surface area contributed by atoms with Crippen molar-refractivity contribution < 1.29 is 0 Å². The molecule has 0 saturated heterocycles. The maximum Gasteiger partial charge on any atom is 0.104 e. The van der Waals surface area contributed by atoms with Gasteiger partial charge in [-0.1, -0.05) is 6.07 Å². The molecular weight excluding hydrogens is 222 g/mol. The van der Waals surface area contributed by atoms with Crippen LogP contribution >= 0.6 is 0 Å². The lowest BCUT2D eigenvalue weighted by molar-refractivity contribution is 0.422. The Balaban J connectivity index is 1.91.